The Bertz CT molecular complexity index is 1280. The van der Waals surface area contributed by atoms with E-state index in [0.717, 1.165) is 10.9 Å². The molecule has 0 bridgehead atoms. The molecule has 0 saturated heterocycles. The van der Waals surface area contributed by atoms with Crippen LogP contribution in [0.5, 0.6) is 5.75 Å². The van der Waals surface area contributed by atoms with Crippen molar-refractivity contribution in [3.05, 3.63) is 54.6 Å². The van der Waals surface area contributed by atoms with Crippen LogP contribution in [0.2, 0.25) is 0 Å². The molecule has 9 nitrogen and oxygen atoms in total. The van der Waals surface area contributed by atoms with Crippen molar-refractivity contribution in [2.75, 3.05) is 11.8 Å². The molecule has 0 aliphatic carbocycles. The van der Waals surface area contributed by atoms with E-state index in [1.54, 1.807) is 30.2 Å². The quantitative estimate of drug-likeness (QED) is 0.553. The van der Waals surface area contributed by atoms with Crippen LogP contribution in [0.4, 0.5) is 5.69 Å². The molecule has 3 heterocycles. The molecule has 1 N–H and O–H groups in total. The number of fused-ring (bicyclic) bond motifs is 1. The lowest BCUT2D eigenvalue weighted by Gasteiger charge is -2.13. The number of benzene rings is 1. The van der Waals surface area contributed by atoms with Gasteiger partial charge in [0.1, 0.15) is 16.3 Å². The van der Waals surface area contributed by atoms with Crippen molar-refractivity contribution in [1.82, 2.24) is 24.5 Å². The predicted octanol–water partition coefficient (Wildman–Crippen LogP) is 2.27. The zero-order valence-electron chi connectivity index (χ0n) is 15.5. The highest BCUT2D eigenvalue weighted by Gasteiger charge is 2.22. The summed E-state index contributed by atoms with van der Waals surface area (Å²) in [6, 6.07) is 7.19. The molecule has 144 valence electrons. The van der Waals surface area contributed by atoms with Gasteiger partial charge in [0.25, 0.3) is 10.0 Å². The first kappa shape index (κ1) is 18.0. The zero-order chi connectivity index (χ0) is 19.9. The number of rotatable bonds is 5. The molecule has 1 aromatic carbocycles. The second kappa shape index (κ2) is 6.64. The van der Waals surface area contributed by atoms with Crippen molar-refractivity contribution in [3.8, 4) is 11.6 Å². The topological polar surface area (TPSA) is 104 Å². The van der Waals surface area contributed by atoms with Crippen LogP contribution in [-0.2, 0) is 17.1 Å². The van der Waals surface area contributed by atoms with E-state index in [9.17, 15) is 8.42 Å². The average Bonchev–Trinajstić information content (AvgIpc) is 3.30. The Labute approximate surface area is 161 Å². The standard InChI is InChI=1S/C18H18N6O3S/c1-12-6-7-19-16(8-12)24-11-14(10-21-24)28(25,26)22-17-15(27-3)5-4-13-9-20-23(2)18(13)17/h4-11,22H,1-3H3. The van der Waals surface area contributed by atoms with Gasteiger partial charge in [0.15, 0.2) is 5.82 Å². The smallest absolute Gasteiger partial charge is 0.265 e. The fourth-order valence-electron chi connectivity index (χ4n) is 2.93. The van der Waals surface area contributed by atoms with Gasteiger partial charge in [0.2, 0.25) is 0 Å². The van der Waals surface area contributed by atoms with Crippen molar-refractivity contribution in [1.29, 1.82) is 0 Å². The first-order valence-corrected chi connectivity index (χ1v) is 9.86. The fourth-order valence-corrected chi connectivity index (χ4v) is 3.93. The van der Waals surface area contributed by atoms with Crippen LogP contribution in [0.1, 0.15) is 5.56 Å². The van der Waals surface area contributed by atoms with Crippen molar-refractivity contribution >= 4 is 26.6 Å². The van der Waals surface area contributed by atoms with Gasteiger partial charge in [-0.05, 0) is 36.8 Å². The van der Waals surface area contributed by atoms with E-state index in [2.05, 4.69) is 19.9 Å². The molecule has 0 aliphatic heterocycles. The van der Waals surface area contributed by atoms with Gasteiger partial charge in [-0.2, -0.15) is 10.2 Å². The molecule has 0 aliphatic rings. The molecule has 0 atom stereocenters. The summed E-state index contributed by atoms with van der Waals surface area (Å²) in [5, 5.41) is 9.11. The van der Waals surface area contributed by atoms with Crippen molar-refractivity contribution in [2.24, 2.45) is 7.05 Å². The highest BCUT2D eigenvalue weighted by atomic mass is 32.2. The average molecular weight is 398 g/mol. The highest BCUT2D eigenvalue weighted by molar-refractivity contribution is 7.92. The van der Waals surface area contributed by atoms with Gasteiger partial charge in [-0.3, -0.25) is 9.40 Å². The minimum Gasteiger partial charge on any atom is -0.494 e. The van der Waals surface area contributed by atoms with Gasteiger partial charge in [-0.1, -0.05) is 0 Å². The van der Waals surface area contributed by atoms with E-state index in [1.165, 1.54) is 24.2 Å². The van der Waals surface area contributed by atoms with Crippen molar-refractivity contribution < 1.29 is 13.2 Å². The summed E-state index contributed by atoms with van der Waals surface area (Å²) in [4.78, 5) is 4.23. The molecule has 0 radical (unpaired) electrons. The van der Waals surface area contributed by atoms with Crippen LogP contribution in [0.15, 0.2) is 53.9 Å². The van der Waals surface area contributed by atoms with Crippen molar-refractivity contribution in [3.63, 3.8) is 0 Å². The molecular formula is C18H18N6O3S. The van der Waals surface area contributed by atoms with E-state index >= 15 is 0 Å². The molecular weight excluding hydrogens is 380 g/mol. The number of nitrogens with zero attached hydrogens (tertiary/aromatic N) is 5. The SMILES string of the molecule is COc1ccc2cnn(C)c2c1NS(=O)(=O)c1cnn(-c2cc(C)ccn2)c1. The summed E-state index contributed by atoms with van der Waals surface area (Å²) in [7, 11) is -0.692. The third-order valence-corrected chi connectivity index (χ3v) is 5.63. The van der Waals surface area contributed by atoms with Gasteiger partial charge < -0.3 is 4.74 Å². The number of hydrogen-bond donors (Lipinski definition) is 1. The van der Waals surface area contributed by atoms with E-state index in [-0.39, 0.29) is 4.90 Å². The summed E-state index contributed by atoms with van der Waals surface area (Å²) in [6.45, 7) is 1.93. The van der Waals surface area contributed by atoms with Crippen LogP contribution in [0, 0.1) is 6.92 Å². The Balaban J connectivity index is 1.75. The van der Waals surface area contributed by atoms with Gasteiger partial charge >= 0.3 is 0 Å². The Morgan fingerprint density at radius 1 is 1.14 bits per heavy atom. The maximum Gasteiger partial charge on any atom is 0.265 e. The van der Waals surface area contributed by atoms with E-state index in [0.29, 0.717) is 22.8 Å². The van der Waals surface area contributed by atoms with E-state index in [4.69, 9.17) is 4.74 Å². The Morgan fingerprint density at radius 2 is 1.96 bits per heavy atom. The normalized spacial score (nSPS) is 11.7. The molecule has 0 spiro atoms. The Hall–Kier alpha value is -3.40. The number of nitrogens with one attached hydrogen (secondary N) is 1. The fraction of sp³-hybridized carbons (Fsp3) is 0.167. The summed E-state index contributed by atoms with van der Waals surface area (Å²) in [5.74, 6) is 0.931. The van der Waals surface area contributed by atoms with Crippen LogP contribution in [0.25, 0.3) is 16.7 Å². The molecule has 0 unspecified atom stereocenters. The van der Waals surface area contributed by atoms with Crippen molar-refractivity contribution in [2.45, 2.75) is 11.8 Å². The third-order valence-electron chi connectivity index (χ3n) is 4.33. The number of hydrogen-bond acceptors (Lipinski definition) is 6. The van der Waals surface area contributed by atoms with Crippen LogP contribution in [-0.4, -0.2) is 40.1 Å². The van der Waals surface area contributed by atoms with Crippen LogP contribution >= 0.6 is 0 Å². The van der Waals surface area contributed by atoms with Crippen LogP contribution < -0.4 is 9.46 Å². The lowest BCUT2D eigenvalue weighted by Crippen LogP contribution is -2.14. The van der Waals surface area contributed by atoms with Gasteiger partial charge in [0, 0.05) is 18.6 Å². The lowest BCUT2D eigenvalue weighted by molar-refractivity contribution is 0.417. The molecule has 0 saturated carbocycles. The monoisotopic (exact) mass is 398 g/mol. The van der Waals surface area contributed by atoms with Gasteiger partial charge in [-0.25, -0.2) is 18.1 Å². The Morgan fingerprint density at radius 3 is 2.71 bits per heavy atom. The first-order valence-electron chi connectivity index (χ1n) is 8.38. The number of ether oxygens (including phenoxy) is 1. The predicted molar refractivity (Wildman–Crippen MR) is 104 cm³/mol. The molecule has 4 aromatic rings. The second-order valence-corrected chi connectivity index (χ2v) is 7.95. The molecule has 4 rings (SSSR count). The summed E-state index contributed by atoms with van der Waals surface area (Å²) >= 11 is 0. The number of methoxy groups -OCH3 is 1. The van der Waals surface area contributed by atoms with Crippen LogP contribution in [0.3, 0.4) is 0 Å². The maximum absolute atomic E-state index is 13.0. The molecule has 0 amide bonds. The Kier molecular flexibility index (Phi) is 4.27. The number of anilines is 1. The molecule has 10 heteroatoms. The minimum absolute atomic E-state index is 0.0111. The van der Waals surface area contributed by atoms with E-state index < -0.39 is 10.0 Å². The number of pyridine rings is 1. The minimum atomic E-state index is -3.91. The number of sulfonamides is 1. The zero-order valence-corrected chi connectivity index (χ0v) is 16.3. The summed E-state index contributed by atoms with van der Waals surface area (Å²) in [6.07, 6.45) is 6.00. The summed E-state index contributed by atoms with van der Waals surface area (Å²) in [5.41, 5.74) is 1.94. The lowest BCUT2D eigenvalue weighted by atomic mass is 10.2. The number of aryl methyl sites for hydroxylation is 2. The maximum atomic E-state index is 13.0. The summed E-state index contributed by atoms with van der Waals surface area (Å²) < 4.78 is 37.0. The molecule has 3 aromatic heterocycles. The molecule has 0 fully saturated rings. The highest BCUT2D eigenvalue weighted by Crippen LogP contribution is 2.34. The third kappa shape index (κ3) is 3.07. The number of aromatic nitrogens is 5. The first-order chi connectivity index (χ1) is 13.4. The largest absolute Gasteiger partial charge is 0.494 e. The van der Waals surface area contributed by atoms with Gasteiger partial charge in [-0.15, -0.1) is 0 Å². The van der Waals surface area contributed by atoms with Gasteiger partial charge in [0.05, 0.1) is 31.2 Å². The van der Waals surface area contributed by atoms with E-state index in [1.807, 2.05) is 25.1 Å². The molecule has 28 heavy (non-hydrogen) atoms. The second-order valence-electron chi connectivity index (χ2n) is 6.27.